The molecular formula is C18H25N3O6. The Labute approximate surface area is 157 Å². The topological polar surface area (TPSA) is 117 Å². The molecule has 0 fully saturated rings. The molecular weight excluding hydrogens is 354 g/mol. The lowest BCUT2D eigenvalue weighted by atomic mass is 10.2. The molecule has 148 valence electrons. The first-order chi connectivity index (χ1) is 12.7. The average Bonchev–Trinajstić information content (AvgIpc) is 3.21. The van der Waals surface area contributed by atoms with Crippen molar-refractivity contribution in [3.8, 4) is 11.6 Å². The third kappa shape index (κ3) is 5.08. The van der Waals surface area contributed by atoms with Gasteiger partial charge in [-0.3, -0.25) is 0 Å². The molecule has 1 amide bonds. The van der Waals surface area contributed by atoms with Gasteiger partial charge in [0, 0.05) is 12.8 Å². The fraction of sp³-hybridized carbons (Fsp3) is 0.556. The number of esters is 1. The summed E-state index contributed by atoms with van der Waals surface area (Å²) in [5.41, 5.74) is -0.0869. The van der Waals surface area contributed by atoms with Crippen molar-refractivity contribution in [2.24, 2.45) is 0 Å². The highest BCUT2D eigenvalue weighted by Crippen LogP contribution is 2.27. The lowest BCUT2D eigenvalue weighted by Gasteiger charge is -2.19. The molecule has 0 aromatic carbocycles. The van der Waals surface area contributed by atoms with Gasteiger partial charge in [-0.1, -0.05) is 13.8 Å². The van der Waals surface area contributed by atoms with Gasteiger partial charge < -0.3 is 23.6 Å². The molecule has 2 rings (SSSR count). The molecule has 0 radical (unpaired) electrons. The van der Waals surface area contributed by atoms with Crippen LogP contribution in [0.5, 0.6) is 0 Å². The zero-order valence-electron chi connectivity index (χ0n) is 16.5. The number of carbonyl (C=O) groups is 2. The molecule has 0 aliphatic rings. The summed E-state index contributed by atoms with van der Waals surface area (Å²) in [6, 6.07) is 0. The molecule has 0 unspecified atom stereocenters. The van der Waals surface area contributed by atoms with E-state index in [9.17, 15) is 9.59 Å². The molecule has 0 saturated heterocycles. The van der Waals surface area contributed by atoms with Crippen molar-refractivity contribution in [2.75, 3.05) is 7.11 Å². The second-order valence-electron chi connectivity index (χ2n) is 6.72. The number of methoxy groups -OCH3 is 1. The number of rotatable bonds is 6. The Morgan fingerprint density at radius 1 is 1.07 bits per heavy atom. The zero-order chi connectivity index (χ0) is 20.2. The van der Waals surface area contributed by atoms with Crippen molar-refractivity contribution < 1.29 is 27.9 Å². The van der Waals surface area contributed by atoms with Crippen LogP contribution < -0.4 is 5.32 Å². The van der Waals surface area contributed by atoms with Crippen molar-refractivity contribution in [1.82, 2.24) is 15.3 Å². The molecule has 2 aromatic heterocycles. The van der Waals surface area contributed by atoms with Crippen molar-refractivity contribution in [2.45, 2.75) is 59.6 Å². The number of oxazole rings is 2. The number of amides is 1. The first-order valence-corrected chi connectivity index (χ1v) is 8.72. The van der Waals surface area contributed by atoms with Crippen LogP contribution >= 0.6 is 0 Å². The maximum atomic E-state index is 11.8. The minimum atomic E-state index is -0.598. The minimum Gasteiger partial charge on any atom is -0.464 e. The number of nitrogens with zero attached hydrogens (tertiary/aromatic N) is 2. The number of aryl methyl sites for hydroxylation is 2. The van der Waals surface area contributed by atoms with E-state index in [4.69, 9.17) is 18.3 Å². The fourth-order valence-corrected chi connectivity index (χ4v) is 2.29. The molecule has 0 aliphatic heterocycles. The van der Waals surface area contributed by atoms with Crippen LogP contribution in [0.1, 0.15) is 62.5 Å². The summed E-state index contributed by atoms with van der Waals surface area (Å²) in [4.78, 5) is 32.2. The summed E-state index contributed by atoms with van der Waals surface area (Å²) in [6.07, 6.45) is 0.438. The second kappa shape index (κ2) is 8.24. The van der Waals surface area contributed by atoms with Gasteiger partial charge in [-0.15, -0.1) is 0 Å². The summed E-state index contributed by atoms with van der Waals surface area (Å²) in [6.45, 7) is 9.11. The molecule has 0 aliphatic carbocycles. The summed E-state index contributed by atoms with van der Waals surface area (Å²) in [5, 5.41) is 2.58. The van der Waals surface area contributed by atoms with Crippen molar-refractivity contribution in [3.05, 3.63) is 23.1 Å². The Balaban J connectivity index is 2.23. The quantitative estimate of drug-likeness (QED) is 0.760. The summed E-state index contributed by atoms with van der Waals surface area (Å²) in [5.74, 6) is 0.835. The first kappa shape index (κ1) is 20.5. The number of ether oxygens (including phenoxy) is 2. The number of aromatic nitrogens is 2. The highest BCUT2D eigenvalue weighted by atomic mass is 16.6. The molecule has 9 heteroatoms. The number of nitrogens with one attached hydrogen (secondary N) is 1. The largest absolute Gasteiger partial charge is 0.464 e. The van der Waals surface area contributed by atoms with Crippen molar-refractivity contribution in [1.29, 1.82) is 0 Å². The van der Waals surface area contributed by atoms with Crippen LogP contribution in [-0.2, 0) is 28.9 Å². The van der Waals surface area contributed by atoms with E-state index in [1.54, 1.807) is 20.8 Å². The van der Waals surface area contributed by atoms with Gasteiger partial charge in [0.05, 0.1) is 13.7 Å². The van der Waals surface area contributed by atoms with E-state index < -0.39 is 17.7 Å². The molecule has 0 bridgehead atoms. The Kier molecular flexibility index (Phi) is 6.24. The van der Waals surface area contributed by atoms with Gasteiger partial charge in [0.2, 0.25) is 11.8 Å². The smallest absolute Gasteiger partial charge is 0.408 e. The number of alkyl carbamates (subject to hydrolysis) is 1. The van der Waals surface area contributed by atoms with Gasteiger partial charge in [0.15, 0.2) is 11.4 Å². The van der Waals surface area contributed by atoms with Crippen LogP contribution in [0.15, 0.2) is 8.83 Å². The van der Waals surface area contributed by atoms with E-state index in [1.807, 2.05) is 13.8 Å². The number of carbonyl (C=O) groups excluding carboxylic acids is 2. The second-order valence-corrected chi connectivity index (χ2v) is 6.72. The van der Waals surface area contributed by atoms with Crippen LogP contribution in [0.2, 0.25) is 0 Å². The van der Waals surface area contributed by atoms with E-state index in [0.717, 1.165) is 0 Å². The normalized spacial score (nSPS) is 11.3. The predicted octanol–water partition coefficient (Wildman–Crippen LogP) is 3.27. The van der Waals surface area contributed by atoms with Gasteiger partial charge in [-0.05, 0) is 20.8 Å². The zero-order valence-corrected chi connectivity index (χ0v) is 16.5. The molecule has 27 heavy (non-hydrogen) atoms. The summed E-state index contributed by atoms with van der Waals surface area (Å²) < 4.78 is 21.3. The maximum absolute atomic E-state index is 11.8. The maximum Gasteiger partial charge on any atom is 0.408 e. The Hall–Kier alpha value is -2.84. The van der Waals surface area contributed by atoms with E-state index in [2.05, 4.69) is 15.3 Å². The highest BCUT2D eigenvalue weighted by molar-refractivity contribution is 5.88. The van der Waals surface area contributed by atoms with E-state index in [-0.39, 0.29) is 24.0 Å². The van der Waals surface area contributed by atoms with Gasteiger partial charge in [0.25, 0.3) is 0 Å². The predicted molar refractivity (Wildman–Crippen MR) is 95.2 cm³/mol. The van der Waals surface area contributed by atoms with Gasteiger partial charge in [-0.2, -0.15) is 0 Å². The third-order valence-electron chi connectivity index (χ3n) is 3.45. The van der Waals surface area contributed by atoms with Crippen LogP contribution in [0.25, 0.3) is 11.6 Å². The monoisotopic (exact) mass is 379 g/mol. The summed E-state index contributed by atoms with van der Waals surface area (Å²) >= 11 is 0. The first-order valence-electron chi connectivity index (χ1n) is 8.72. The number of hydrogen-bond acceptors (Lipinski definition) is 8. The summed E-state index contributed by atoms with van der Waals surface area (Å²) in [7, 11) is 1.28. The number of hydrogen-bond donors (Lipinski definition) is 1. The van der Waals surface area contributed by atoms with Crippen molar-refractivity contribution in [3.63, 3.8) is 0 Å². The molecule has 9 nitrogen and oxygen atoms in total. The van der Waals surface area contributed by atoms with Gasteiger partial charge >= 0.3 is 12.1 Å². The lowest BCUT2D eigenvalue weighted by Crippen LogP contribution is -2.32. The molecule has 2 aromatic rings. The van der Waals surface area contributed by atoms with Crippen molar-refractivity contribution >= 4 is 12.1 Å². The molecule has 0 atom stereocenters. The van der Waals surface area contributed by atoms with Gasteiger partial charge in [-0.25, -0.2) is 19.6 Å². The standard InChI is InChI=1S/C18H25N3O6/c1-7-10-13(15-21-14(16(22)24-6)11(8-2)26-15)20-12(25-10)9-19-17(23)27-18(3,4)5/h7-9H2,1-6H3,(H,19,23). The van der Waals surface area contributed by atoms with Crippen LogP contribution in [0.4, 0.5) is 4.79 Å². The molecule has 0 spiro atoms. The molecule has 0 saturated carbocycles. The molecule has 1 N–H and O–H groups in total. The average molecular weight is 379 g/mol. The molecule has 2 heterocycles. The van der Waals surface area contributed by atoms with Crippen LogP contribution in [-0.4, -0.2) is 34.7 Å². The Morgan fingerprint density at radius 3 is 2.30 bits per heavy atom. The third-order valence-corrected chi connectivity index (χ3v) is 3.45. The van der Waals surface area contributed by atoms with E-state index in [0.29, 0.717) is 30.1 Å². The lowest BCUT2D eigenvalue weighted by molar-refractivity contribution is 0.0517. The Bertz CT molecular complexity index is 816. The van der Waals surface area contributed by atoms with E-state index in [1.165, 1.54) is 7.11 Å². The fourth-order valence-electron chi connectivity index (χ4n) is 2.29. The minimum absolute atomic E-state index is 0.0487. The highest BCUT2D eigenvalue weighted by Gasteiger charge is 2.25. The van der Waals surface area contributed by atoms with E-state index >= 15 is 0 Å². The van der Waals surface area contributed by atoms with Gasteiger partial charge in [0.1, 0.15) is 17.1 Å². The van der Waals surface area contributed by atoms with Crippen LogP contribution in [0.3, 0.4) is 0 Å². The van der Waals surface area contributed by atoms with Crippen LogP contribution in [0, 0.1) is 0 Å². The Morgan fingerprint density at radius 2 is 1.74 bits per heavy atom. The SMILES string of the molecule is CCc1oc(-c2nc(CNC(=O)OC(C)(C)C)oc2CC)nc1C(=O)OC.